The average molecular weight is 272 g/mol. The second kappa shape index (κ2) is 7.38. The van der Waals surface area contributed by atoms with Crippen molar-refractivity contribution in [1.29, 1.82) is 0 Å². The zero-order valence-electron chi connectivity index (χ0n) is 6.85. The summed E-state index contributed by atoms with van der Waals surface area (Å²) in [5.41, 5.74) is 5.27. The first kappa shape index (κ1) is 13.0. The van der Waals surface area contributed by atoms with E-state index in [9.17, 15) is 9.36 Å². The maximum absolute atomic E-state index is 10.7. The average Bonchev–Trinajstić information content (AvgIpc) is 2.05. The zero-order valence-corrected chi connectivity index (χ0v) is 9.33. The van der Waals surface area contributed by atoms with Gasteiger partial charge in [0.1, 0.15) is 0 Å². The highest BCUT2D eigenvalue weighted by atomic mass is 79.9. The molecule has 0 aromatic heterocycles. The zero-order chi connectivity index (χ0) is 10.3. The Kier molecular flexibility index (Phi) is 7.36. The van der Waals surface area contributed by atoms with E-state index in [-0.39, 0.29) is 11.4 Å². The van der Waals surface area contributed by atoms with E-state index < -0.39 is 20.6 Å². The fourth-order valence-electron chi connectivity index (χ4n) is 0.802. The molecule has 3 N–H and O–H groups in total. The van der Waals surface area contributed by atoms with Gasteiger partial charge in [0.05, 0.1) is 12.5 Å². The summed E-state index contributed by atoms with van der Waals surface area (Å²) in [6, 6.07) is 0. The van der Waals surface area contributed by atoms with Crippen molar-refractivity contribution >= 4 is 30.6 Å². The highest BCUT2D eigenvalue weighted by molar-refractivity contribution is 9.09. The third-order valence-electron chi connectivity index (χ3n) is 1.50. The molecule has 0 aromatic rings. The van der Waals surface area contributed by atoms with Crippen LogP contribution in [0.4, 0.5) is 0 Å². The molecule has 0 rings (SSSR count). The Hall–Kier alpha value is -0.0300. The van der Waals surface area contributed by atoms with E-state index in [0.717, 1.165) is 0 Å². The van der Waals surface area contributed by atoms with Gasteiger partial charge in [-0.1, -0.05) is 15.9 Å². The van der Waals surface area contributed by atoms with Crippen LogP contribution in [0.5, 0.6) is 0 Å². The number of hydrogen-bond acceptors (Lipinski definition) is 4. The van der Waals surface area contributed by atoms with Gasteiger partial charge < -0.3 is 10.8 Å². The van der Waals surface area contributed by atoms with E-state index in [1.54, 1.807) is 0 Å². The highest BCUT2D eigenvalue weighted by Crippen LogP contribution is 2.18. The Balaban J connectivity index is 4.06. The molecule has 0 spiro atoms. The largest absolute Gasteiger partial charge is 0.481 e. The lowest BCUT2D eigenvalue weighted by Crippen LogP contribution is -2.29. The van der Waals surface area contributed by atoms with Crippen molar-refractivity contribution in [3.8, 4) is 0 Å². The quantitative estimate of drug-likeness (QED) is 0.533. The molecule has 0 fully saturated rings. The molecule has 0 saturated heterocycles. The van der Waals surface area contributed by atoms with E-state index in [4.69, 9.17) is 10.8 Å². The summed E-state index contributed by atoms with van der Waals surface area (Å²) in [6.07, 6.45) is 0.538. The molecule has 0 amide bonds. The number of halogens is 1. The molecule has 0 aliphatic heterocycles. The number of alkyl halides is 1. The van der Waals surface area contributed by atoms with Gasteiger partial charge in [0.2, 0.25) is 0 Å². The fraction of sp³-hybridized carbons (Fsp3) is 0.833. The van der Waals surface area contributed by atoms with E-state index in [0.29, 0.717) is 13.0 Å². The first-order chi connectivity index (χ1) is 6.13. The summed E-state index contributed by atoms with van der Waals surface area (Å²) in [5, 5.41) is 8.74. The summed E-state index contributed by atoms with van der Waals surface area (Å²) in [6.45, 7) is 0.311. The molecule has 0 aromatic carbocycles. The van der Waals surface area contributed by atoms with Crippen LogP contribution in [0.2, 0.25) is 0 Å². The number of aliphatic carboxylic acids is 1. The van der Waals surface area contributed by atoms with Gasteiger partial charge in [-0.05, 0) is 13.0 Å². The highest BCUT2D eigenvalue weighted by Gasteiger charge is 2.25. The maximum Gasteiger partial charge on any atom is 0.327 e. The van der Waals surface area contributed by atoms with Gasteiger partial charge in [-0.25, -0.2) is 4.57 Å². The van der Waals surface area contributed by atoms with E-state index in [2.05, 4.69) is 20.5 Å². The van der Waals surface area contributed by atoms with Crippen molar-refractivity contribution in [3.05, 3.63) is 0 Å². The molecule has 0 aliphatic carbocycles. The van der Waals surface area contributed by atoms with Crippen molar-refractivity contribution in [2.24, 2.45) is 11.7 Å². The van der Waals surface area contributed by atoms with Crippen LogP contribution in [0.3, 0.4) is 0 Å². The summed E-state index contributed by atoms with van der Waals surface area (Å²) >= 11 is 3.19. The second-order valence-corrected chi connectivity index (χ2v) is 3.99. The Bertz CT molecular complexity index is 180. The van der Waals surface area contributed by atoms with E-state index in [1.807, 2.05) is 0 Å². The van der Waals surface area contributed by atoms with Crippen LogP contribution in [-0.2, 0) is 13.9 Å². The minimum absolute atomic E-state index is 0.0870. The molecular weight excluding hydrogens is 261 g/mol. The number of carboxylic acids is 1. The van der Waals surface area contributed by atoms with Gasteiger partial charge in [0, 0.05) is 4.83 Å². The number of hydrogen-bond donors (Lipinski definition) is 2. The first-order valence-electron chi connectivity index (χ1n) is 3.65. The van der Waals surface area contributed by atoms with Crippen LogP contribution in [0.15, 0.2) is 0 Å². The van der Waals surface area contributed by atoms with Crippen LogP contribution in [0.1, 0.15) is 6.42 Å². The summed E-state index contributed by atoms with van der Waals surface area (Å²) in [7, 11) is -0.505. The molecule has 7 heteroatoms. The van der Waals surface area contributed by atoms with Crippen molar-refractivity contribution in [2.75, 3.05) is 13.2 Å². The predicted molar refractivity (Wildman–Crippen MR) is 51.1 cm³/mol. The molecule has 0 bridgehead atoms. The lowest BCUT2D eigenvalue weighted by atomic mass is 10.1. The topological polar surface area (TPSA) is 89.6 Å². The van der Waals surface area contributed by atoms with E-state index >= 15 is 0 Å². The fourth-order valence-corrected chi connectivity index (χ4v) is 1.67. The Morgan fingerprint density at radius 1 is 1.69 bits per heavy atom. The summed E-state index contributed by atoms with van der Waals surface area (Å²) in [5.74, 6) is -1.70. The Labute approximate surface area is 86.0 Å². The third kappa shape index (κ3) is 5.31. The van der Waals surface area contributed by atoms with Crippen LogP contribution in [0.25, 0.3) is 0 Å². The monoisotopic (exact) mass is 271 g/mol. The third-order valence-corrected chi connectivity index (χ3v) is 2.85. The molecule has 13 heavy (non-hydrogen) atoms. The van der Waals surface area contributed by atoms with Gasteiger partial charge in [-0.2, -0.15) is 0 Å². The van der Waals surface area contributed by atoms with E-state index in [1.165, 1.54) is 0 Å². The van der Waals surface area contributed by atoms with Crippen molar-refractivity contribution < 1.29 is 19.0 Å². The van der Waals surface area contributed by atoms with Crippen LogP contribution >= 0.6 is 24.6 Å². The first-order valence-corrected chi connectivity index (χ1v) is 5.29. The Morgan fingerprint density at radius 3 is 2.69 bits per heavy atom. The molecule has 0 heterocycles. The number of carboxylic acid groups (broad SMARTS) is 1. The molecule has 5 nitrogen and oxygen atoms in total. The number of carbonyl (C=O) groups is 1. The number of rotatable bonds is 7. The molecule has 0 aliphatic rings. The normalized spacial score (nSPS) is 15.5. The predicted octanol–water partition coefficient (Wildman–Crippen LogP) is 1.02. The molecule has 2 atom stereocenters. The summed E-state index contributed by atoms with van der Waals surface area (Å²) in [4.78, 5) is 10.4. The lowest BCUT2D eigenvalue weighted by molar-refractivity contribution is -0.142. The van der Waals surface area contributed by atoms with Crippen molar-refractivity contribution in [1.82, 2.24) is 0 Å². The van der Waals surface area contributed by atoms with Crippen LogP contribution in [-0.4, -0.2) is 29.1 Å². The minimum atomic E-state index is -0.987. The van der Waals surface area contributed by atoms with Gasteiger partial charge >= 0.3 is 14.7 Å². The van der Waals surface area contributed by atoms with Gasteiger partial charge in [0.25, 0.3) is 0 Å². The SMILES string of the molecule is NCCC(Br)C(COP=O)C(=O)O. The summed E-state index contributed by atoms with van der Waals surface area (Å²) < 4.78 is 14.4. The number of nitrogens with two attached hydrogens (primary N) is 1. The van der Waals surface area contributed by atoms with Crippen molar-refractivity contribution in [3.63, 3.8) is 0 Å². The van der Waals surface area contributed by atoms with Gasteiger partial charge in [0.15, 0.2) is 0 Å². The molecule has 0 saturated carbocycles. The van der Waals surface area contributed by atoms with Crippen LogP contribution < -0.4 is 5.73 Å². The molecular formula is C6H11BrNO4P. The van der Waals surface area contributed by atoms with Crippen molar-refractivity contribution in [2.45, 2.75) is 11.2 Å². The van der Waals surface area contributed by atoms with Gasteiger partial charge in [-0.3, -0.25) is 9.32 Å². The van der Waals surface area contributed by atoms with Crippen LogP contribution in [0, 0.1) is 5.92 Å². The second-order valence-electron chi connectivity index (χ2n) is 2.41. The molecule has 76 valence electrons. The smallest absolute Gasteiger partial charge is 0.327 e. The standard InChI is InChI=1S/C6H11BrNO4P/c7-5(1-2-8)4(6(9)10)3-12-13-11/h4-5H,1-3,8H2,(H,9,10). The minimum Gasteiger partial charge on any atom is -0.481 e. The Morgan fingerprint density at radius 2 is 2.31 bits per heavy atom. The molecule has 0 radical (unpaired) electrons. The molecule has 2 unspecified atom stereocenters. The van der Waals surface area contributed by atoms with Gasteiger partial charge in [-0.15, -0.1) is 0 Å². The lowest BCUT2D eigenvalue weighted by Gasteiger charge is -2.15. The maximum atomic E-state index is 10.7.